The second kappa shape index (κ2) is 3.77. The summed E-state index contributed by atoms with van der Waals surface area (Å²) >= 11 is 0. The number of primary amides is 1. The van der Waals surface area contributed by atoms with Crippen LogP contribution in [0.5, 0.6) is 0 Å². The van der Waals surface area contributed by atoms with Gasteiger partial charge in [0.1, 0.15) is 0 Å². The molecule has 0 saturated heterocycles. The number of unbranched alkanes of at least 4 members (excludes halogenated alkanes) is 1. The summed E-state index contributed by atoms with van der Waals surface area (Å²) in [5.74, 6) is -0.482. The Morgan fingerprint density at radius 3 is 2.85 bits per heavy atom. The van der Waals surface area contributed by atoms with Crippen molar-refractivity contribution >= 4 is 12.1 Å². The maximum atomic E-state index is 11.4. The predicted octanol–water partition coefficient (Wildman–Crippen LogP) is 0.776. The summed E-state index contributed by atoms with van der Waals surface area (Å²) in [4.78, 5) is 11.2. The van der Waals surface area contributed by atoms with Gasteiger partial charge in [-0.3, -0.25) is 4.79 Å². The average molecular weight is 184 g/mol. The largest absolute Gasteiger partial charge is 0.623 e. The third kappa shape index (κ3) is 1.66. The number of hydrogen-bond acceptors (Lipinski definition) is 2. The monoisotopic (exact) mass is 184 g/mol. The van der Waals surface area contributed by atoms with Crippen molar-refractivity contribution in [3.05, 3.63) is 5.21 Å². The molecular weight excluding hydrogens is 168 g/mol. The lowest BCUT2D eigenvalue weighted by Crippen LogP contribution is -2.48. The number of rotatable bonds is 4. The van der Waals surface area contributed by atoms with E-state index in [1.165, 1.54) is 6.21 Å². The van der Waals surface area contributed by atoms with E-state index in [-0.39, 0.29) is 0 Å². The lowest BCUT2D eigenvalue weighted by Gasteiger charge is -2.23. The fourth-order valence-electron chi connectivity index (χ4n) is 1.76. The fraction of sp³-hybridized carbons (Fsp3) is 0.778. The summed E-state index contributed by atoms with van der Waals surface area (Å²) in [6.45, 7) is 2.03. The average Bonchev–Trinajstić information content (AvgIpc) is 2.45. The minimum atomic E-state index is -0.935. The molecule has 4 nitrogen and oxygen atoms in total. The third-order valence-corrected chi connectivity index (χ3v) is 2.68. The van der Waals surface area contributed by atoms with Crippen molar-refractivity contribution in [1.29, 1.82) is 0 Å². The molecule has 0 aromatic rings. The molecule has 0 fully saturated rings. The van der Waals surface area contributed by atoms with Crippen molar-refractivity contribution < 1.29 is 9.53 Å². The molecule has 0 aliphatic carbocycles. The molecular formula is C9H16N2O2. The van der Waals surface area contributed by atoms with Crippen molar-refractivity contribution in [3.8, 4) is 0 Å². The van der Waals surface area contributed by atoms with E-state index < -0.39 is 11.4 Å². The van der Waals surface area contributed by atoms with E-state index in [9.17, 15) is 10.0 Å². The Balaban J connectivity index is 2.76. The smallest absolute Gasteiger partial charge is 0.290 e. The lowest BCUT2D eigenvalue weighted by atomic mass is 9.90. The molecule has 0 aromatic heterocycles. The normalized spacial score (nSPS) is 27.3. The van der Waals surface area contributed by atoms with Gasteiger partial charge in [0.15, 0.2) is 6.21 Å². The number of amides is 1. The molecule has 1 heterocycles. The van der Waals surface area contributed by atoms with Crippen molar-refractivity contribution in [1.82, 2.24) is 0 Å². The van der Waals surface area contributed by atoms with Gasteiger partial charge in [-0.05, 0) is 6.42 Å². The maximum absolute atomic E-state index is 11.4. The lowest BCUT2D eigenvalue weighted by molar-refractivity contribution is -0.520. The Morgan fingerprint density at radius 2 is 2.46 bits per heavy atom. The summed E-state index contributed by atoms with van der Waals surface area (Å²) in [5.41, 5.74) is 4.33. The van der Waals surface area contributed by atoms with Crippen molar-refractivity contribution in [2.24, 2.45) is 5.73 Å². The number of carbonyl (C=O) groups is 1. The first-order valence-electron chi connectivity index (χ1n) is 4.73. The molecule has 74 valence electrons. The molecule has 0 spiro atoms. The van der Waals surface area contributed by atoms with Gasteiger partial charge in [-0.25, -0.2) is 4.74 Å². The summed E-state index contributed by atoms with van der Waals surface area (Å²) in [6.07, 6.45) is 5.18. The SMILES string of the molecule is CCCCC1(C(N)=O)CCC=[N+]1[O-]. The summed E-state index contributed by atoms with van der Waals surface area (Å²) in [5, 5.41) is 11.4. The van der Waals surface area contributed by atoms with E-state index in [1.54, 1.807) is 0 Å². The predicted molar refractivity (Wildman–Crippen MR) is 50.4 cm³/mol. The van der Waals surface area contributed by atoms with Crippen LogP contribution in [0.2, 0.25) is 0 Å². The minimum Gasteiger partial charge on any atom is -0.623 e. The second-order valence-electron chi connectivity index (χ2n) is 3.55. The maximum Gasteiger partial charge on any atom is 0.290 e. The van der Waals surface area contributed by atoms with Gasteiger partial charge in [0, 0.05) is 19.3 Å². The molecule has 13 heavy (non-hydrogen) atoms. The van der Waals surface area contributed by atoms with Crippen LogP contribution in [0.1, 0.15) is 39.0 Å². The first kappa shape index (κ1) is 10.0. The molecule has 0 bridgehead atoms. The van der Waals surface area contributed by atoms with Crippen LogP contribution in [0.15, 0.2) is 0 Å². The highest BCUT2D eigenvalue weighted by molar-refractivity contribution is 5.85. The zero-order chi connectivity index (χ0) is 9.90. The molecule has 1 aliphatic rings. The van der Waals surface area contributed by atoms with E-state index in [0.29, 0.717) is 19.3 Å². The molecule has 0 radical (unpaired) electrons. The molecule has 2 N–H and O–H groups in total. The summed E-state index contributed by atoms with van der Waals surface area (Å²) in [7, 11) is 0. The number of nitrogens with two attached hydrogens (primary N) is 1. The third-order valence-electron chi connectivity index (χ3n) is 2.68. The highest BCUT2D eigenvalue weighted by Gasteiger charge is 2.47. The zero-order valence-electron chi connectivity index (χ0n) is 7.95. The standard InChI is InChI=1S/C9H16N2O2/c1-2-3-5-9(8(10)12)6-4-7-11(9)13/h7H,2-6H2,1H3,(H2,10,12). The second-order valence-corrected chi connectivity index (χ2v) is 3.55. The van der Waals surface area contributed by atoms with Crippen LogP contribution in [-0.2, 0) is 4.79 Å². The van der Waals surface area contributed by atoms with Crippen LogP contribution in [-0.4, -0.2) is 22.4 Å². The number of hydroxylamine groups is 1. The van der Waals surface area contributed by atoms with Crippen LogP contribution in [0, 0.1) is 5.21 Å². The highest BCUT2D eigenvalue weighted by atomic mass is 16.5. The van der Waals surface area contributed by atoms with Gasteiger partial charge >= 0.3 is 0 Å². The topological polar surface area (TPSA) is 69.2 Å². The molecule has 4 heteroatoms. The molecule has 1 aliphatic heterocycles. The van der Waals surface area contributed by atoms with Crippen LogP contribution in [0.3, 0.4) is 0 Å². The van der Waals surface area contributed by atoms with Gasteiger partial charge in [0.25, 0.3) is 5.91 Å². The molecule has 1 rings (SSSR count). The number of carbonyl (C=O) groups excluding carboxylic acids is 1. The first-order valence-corrected chi connectivity index (χ1v) is 4.73. The fourth-order valence-corrected chi connectivity index (χ4v) is 1.76. The minimum absolute atomic E-state index is 0.482. The van der Waals surface area contributed by atoms with E-state index >= 15 is 0 Å². The van der Waals surface area contributed by atoms with E-state index in [1.807, 2.05) is 6.92 Å². The Morgan fingerprint density at radius 1 is 1.77 bits per heavy atom. The van der Waals surface area contributed by atoms with E-state index in [4.69, 9.17) is 5.73 Å². The van der Waals surface area contributed by atoms with Crippen molar-refractivity contribution in [2.45, 2.75) is 44.6 Å². The van der Waals surface area contributed by atoms with Crippen LogP contribution < -0.4 is 5.73 Å². The zero-order valence-corrected chi connectivity index (χ0v) is 7.95. The van der Waals surface area contributed by atoms with Crippen LogP contribution in [0.4, 0.5) is 0 Å². The van der Waals surface area contributed by atoms with Gasteiger partial charge < -0.3 is 10.9 Å². The Bertz CT molecular complexity index is 238. The highest BCUT2D eigenvalue weighted by Crippen LogP contribution is 2.27. The van der Waals surface area contributed by atoms with Gasteiger partial charge in [-0.2, -0.15) is 0 Å². The number of nitrogens with zero attached hydrogens (tertiary/aromatic N) is 1. The van der Waals surface area contributed by atoms with Gasteiger partial charge in [0.05, 0.1) is 0 Å². The van der Waals surface area contributed by atoms with Crippen LogP contribution >= 0.6 is 0 Å². The molecule has 0 saturated carbocycles. The summed E-state index contributed by atoms with van der Waals surface area (Å²) in [6, 6.07) is 0. The van der Waals surface area contributed by atoms with Crippen LogP contribution in [0.25, 0.3) is 0 Å². The van der Waals surface area contributed by atoms with Gasteiger partial charge in [-0.1, -0.05) is 13.3 Å². The molecule has 1 unspecified atom stereocenters. The van der Waals surface area contributed by atoms with Crippen molar-refractivity contribution in [3.63, 3.8) is 0 Å². The molecule has 1 atom stereocenters. The number of hydrogen-bond donors (Lipinski definition) is 1. The Labute approximate surface area is 78.0 Å². The Hall–Kier alpha value is -1.06. The van der Waals surface area contributed by atoms with E-state index in [0.717, 1.165) is 17.6 Å². The Kier molecular flexibility index (Phi) is 2.90. The molecule has 0 aromatic carbocycles. The molecule has 1 amide bonds. The van der Waals surface area contributed by atoms with Crippen molar-refractivity contribution in [2.75, 3.05) is 0 Å². The summed E-state index contributed by atoms with van der Waals surface area (Å²) < 4.78 is 0.755. The van der Waals surface area contributed by atoms with Gasteiger partial charge in [0.2, 0.25) is 5.54 Å². The quantitative estimate of drug-likeness (QED) is 0.518. The van der Waals surface area contributed by atoms with Gasteiger partial charge in [-0.15, -0.1) is 0 Å². The first-order chi connectivity index (χ1) is 6.13. The van der Waals surface area contributed by atoms with E-state index in [2.05, 4.69) is 0 Å².